The number of rotatable bonds is 3. The number of para-hydroxylation sites is 2. The van der Waals surface area contributed by atoms with Gasteiger partial charge < -0.3 is 4.57 Å². The van der Waals surface area contributed by atoms with E-state index in [1.54, 1.807) is 0 Å². The van der Waals surface area contributed by atoms with Crippen LogP contribution in [0, 0.1) is 6.92 Å². The van der Waals surface area contributed by atoms with Gasteiger partial charge in [-0.1, -0.05) is 42.0 Å². The minimum atomic E-state index is -0.104. The quantitative estimate of drug-likeness (QED) is 0.638. The number of hydrogen-bond acceptors (Lipinski definition) is 1. The number of fused-ring (bicyclic) bond motifs is 1. The SMILES string of the molecule is Cc1cccc(Cn2c(C(C)Cl)nc3ccccc32)c1. The van der Waals surface area contributed by atoms with Gasteiger partial charge in [0.25, 0.3) is 0 Å². The van der Waals surface area contributed by atoms with Gasteiger partial charge in [0.15, 0.2) is 0 Å². The summed E-state index contributed by atoms with van der Waals surface area (Å²) in [5.41, 5.74) is 4.68. The first-order valence-corrected chi connectivity index (χ1v) is 7.23. The Bertz CT molecular complexity index is 744. The summed E-state index contributed by atoms with van der Waals surface area (Å²) >= 11 is 6.29. The molecule has 0 amide bonds. The van der Waals surface area contributed by atoms with Gasteiger partial charge in [-0.25, -0.2) is 4.98 Å². The second-order valence-electron chi connectivity index (χ2n) is 5.15. The Kier molecular flexibility index (Phi) is 3.49. The van der Waals surface area contributed by atoms with Crippen molar-refractivity contribution in [2.45, 2.75) is 25.8 Å². The number of aryl methyl sites for hydroxylation is 1. The van der Waals surface area contributed by atoms with E-state index in [1.807, 2.05) is 25.1 Å². The lowest BCUT2D eigenvalue weighted by Crippen LogP contribution is -2.05. The van der Waals surface area contributed by atoms with Crippen LogP contribution in [0.15, 0.2) is 48.5 Å². The number of hydrogen-bond donors (Lipinski definition) is 0. The smallest absolute Gasteiger partial charge is 0.128 e. The van der Waals surface area contributed by atoms with Crippen LogP contribution in [0.2, 0.25) is 0 Å². The number of aromatic nitrogens is 2. The Hall–Kier alpha value is -1.80. The van der Waals surface area contributed by atoms with Crippen LogP contribution in [0.3, 0.4) is 0 Å². The molecule has 1 unspecified atom stereocenters. The third kappa shape index (κ3) is 2.44. The molecule has 2 aromatic carbocycles. The number of halogens is 1. The van der Waals surface area contributed by atoms with Crippen molar-refractivity contribution in [3.05, 3.63) is 65.5 Å². The predicted octanol–water partition coefficient (Wildman–Crippen LogP) is 4.69. The van der Waals surface area contributed by atoms with Crippen molar-refractivity contribution < 1.29 is 0 Å². The van der Waals surface area contributed by atoms with Crippen LogP contribution < -0.4 is 0 Å². The molecule has 1 heterocycles. The van der Waals surface area contributed by atoms with E-state index < -0.39 is 0 Å². The Morgan fingerprint density at radius 1 is 1.15 bits per heavy atom. The highest BCUT2D eigenvalue weighted by Gasteiger charge is 2.14. The van der Waals surface area contributed by atoms with Gasteiger partial charge in [0, 0.05) is 6.54 Å². The second kappa shape index (κ2) is 5.29. The number of benzene rings is 2. The molecule has 0 radical (unpaired) electrons. The predicted molar refractivity (Wildman–Crippen MR) is 84.3 cm³/mol. The highest BCUT2D eigenvalue weighted by atomic mass is 35.5. The third-order valence-corrected chi connectivity index (χ3v) is 3.66. The average Bonchev–Trinajstić information content (AvgIpc) is 2.78. The van der Waals surface area contributed by atoms with Gasteiger partial charge in [-0.05, 0) is 31.5 Å². The molecule has 0 N–H and O–H groups in total. The monoisotopic (exact) mass is 284 g/mol. The van der Waals surface area contributed by atoms with Crippen LogP contribution >= 0.6 is 11.6 Å². The molecule has 3 heteroatoms. The summed E-state index contributed by atoms with van der Waals surface area (Å²) < 4.78 is 2.21. The number of nitrogens with zero attached hydrogens (tertiary/aromatic N) is 2. The average molecular weight is 285 g/mol. The van der Waals surface area contributed by atoms with E-state index in [-0.39, 0.29) is 5.38 Å². The number of alkyl halides is 1. The summed E-state index contributed by atoms with van der Waals surface area (Å²) in [6.07, 6.45) is 0. The van der Waals surface area contributed by atoms with E-state index in [2.05, 4.69) is 46.8 Å². The zero-order chi connectivity index (χ0) is 14.1. The van der Waals surface area contributed by atoms with Gasteiger partial charge in [-0.2, -0.15) is 0 Å². The van der Waals surface area contributed by atoms with Crippen molar-refractivity contribution in [1.29, 1.82) is 0 Å². The molecule has 2 nitrogen and oxygen atoms in total. The van der Waals surface area contributed by atoms with E-state index >= 15 is 0 Å². The van der Waals surface area contributed by atoms with E-state index in [4.69, 9.17) is 11.6 Å². The van der Waals surface area contributed by atoms with Gasteiger partial charge in [0.05, 0.1) is 16.4 Å². The molecule has 0 spiro atoms. The van der Waals surface area contributed by atoms with E-state index in [1.165, 1.54) is 11.1 Å². The maximum atomic E-state index is 6.29. The summed E-state index contributed by atoms with van der Waals surface area (Å²) in [5.74, 6) is 0.925. The molecule has 3 rings (SSSR count). The normalized spacial score (nSPS) is 12.8. The molecule has 102 valence electrons. The van der Waals surface area contributed by atoms with Gasteiger partial charge in [0.2, 0.25) is 0 Å². The first kappa shape index (κ1) is 13.2. The fourth-order valence-corrected chi connectivity index (χ4v) is 2.72. The lowest BCUT2D eigenvalue weighted by atomic mass is 10.1. The molecule has 0 aliphatic rings. The molecule has 1 atom stereocenters. The van der Waals surface area contributed by atoms with Crippen molar-refractivity contribution >= 4 is 22.6 Å². The maximum Gasteiger partial charge on any atom is 0.128 e. The molecule has 0 aliphatic carbocycles. The topological polar surface area (TPSA) is 17.8 Å². The molecule has 0 bridgehead atoms. The molecule has 1 aromatic heterocycles. The molecule has 0 saturated heterocycles. The Balaban J connectivity index is 2.11. The zero-order valence-corrected chi connectivity index (χ0v) is 12.4. The minimum Gasteiger partial charge on any atom is -0.322 e. The third-order valence-electron chi connectivity index (χ3n) is 3.46. The van der Waals surface area contributed by atoms with Gasteiger partial charge >= 0.3 is 0 Å². The van der Waals surface area contributed by atoms with E-state index in [0.717, 1.165) is 23.4 Å². The first-order valence-electron chi connectivity index (χ1n) is 6.80. The van der Waals surface area contributed by atoms with Crippen LogP contribution in [0.5, 0.6) is 0 Å². The van der Waals surface area contributed by atoms with Gasteiger partial charge in [-0.3, -0.25) is 0 Å². The van der Waals surface area contributed by atoms with Crippen molar-refractivity contribution in [3.63, 3.8) is 0 Å². The van der Waals surface area contributed by atoms with Gasteiger partial charge in [-0.15, -0.1) is 11.6 Å². The van der Waals surface area contributed by atoms with Gasteiger partial charge in [0.1, 0.15) is 5.82 Å². The highest BCUT2D eigenvalue weighted by Crippen LogP contribution is 2.25. The summed E-state index contributed by atoms with van der Waals surface area (Å²) in [6.45, 7) is 4.88. The fraction of sp³-hybridized carbons (Fsp3) is 0.235. The van der Waals surface area contributed by atoms with E-state index in [0.29, 0.717) is 0 Å². The largest absolute Gasteiger partial charge is 0.322 e. The zero-order valence-electron chi connectivity index (χ0n) is 11.7. The molecular formula is C17H17ClN2. The molecule has 3 aromatic rings. The van der Waals surface area contributed by atoms with Crippen molar-refractivity contribution in [2.75, 3.05) is 0 Å². The van der Waals surface area contributed by atoms with Crippen LogP contribution in [0.25, 0.3) is 11.0 Å². The van der Waals surface area contributed by atoms with E-state index in [9.17, 15) is 0 Å². The Morgan fingerprint density at radius 3 is 2.70 bits per heavy atom. The molecule has 0 saturated carbocycles. The van der Waals surface area contributed by atoms with Crippen LogP contribution in [-0.2, 0) is 6.54 Å². The Morgan fingerprint density at radius 2 is 1.95 bits per heavy atom. The van der Waals surface area contributed by atoms with Crippen molar-refractivity contribution in [3.8, 4) is 0 Å². The van der Waals surface area contributed by atoms with Crippen molar-refractivity contribution in [2.24, 2.45) is 0 Å². The van der Waals surface area contributed by atoms with Crippen LogP contribution in [-0.4, -0.2) is 9.55 Å². The molecule has 20 heavy (non-hydrogen) atoms. The first-order chi connectivity index (χ1) is 9.65. The maximum absolute atomic E-state index is 6.29. The number of imidazole rings is 1. The van der Waals surface area contributed by atoms with Crippen molar-refractivity contribution in [1.82, 2.24) is 9.55 Å². The summed E-state index contributed by atoms with van der Waals surface area (Å²) in [6, 6.07) is 16.7. The lowest BCUT2D eigenvalue weighted by molar-refractivity contribution is 0.742. The summed E-state index contributed by atoms with van der Waals surface area (Å²) in [7, 11) is 0. The summed E-state index contributed by atoms with van der Waals surface area (Å²) in [5, 5.41) is -0.104. The van der Waals surface area contributed by atoms with Crippen LogP contribution in [0.1, 0.15) is 29.3 Å². The lowest BCUT2D eigenvalue weighted by Gasteiger charge is -2.11. The highest BCUT2D eigenvalue weighted by molar-refractivity contribution is 6.20. The molecule has 0 aliphatic heterocycles. The minimum absolute atomic E-state index is 0.104. The molecule has 0 fully saturated rings. The fourth-order valence-electron chi connectivity index (χ4n) is 2.56. The Labute approximate surface area is 124 Å². The standard InChI is InChI=1S/C17H17ClN2/c1-12-6-5-7-14(10-12)11-20-16-9-4-3-8-15(16)19-17(20)13(2)18/h3-10,13H,11H2,1-2H3. The van der Waals surface area contributed by atoms with Crippen LogP contribution in [0.4, 0.5) is 0 Å². The summed E-state index contributed by atoms with van der Waals surface area (Å²) in [4.78, 5) is 4.66. The molecular weight excluding hydrogens is 268 g/mol. The second-order valence-corrected chi connectivity index (χ2v) is 5.80.